The molecule has 1 aliphatic rings. The number of hydrogen-bond acceptors (Lipinski definition) is 3. The van der Waals surface area contributed by atoms with E-state index in [0.717, 1.165) is 25.3 Å². The van der Waals surface area contributed by atoms with Crippen LogP contribution in [0, 0.1) is 11.8 Å². The molecule has 0 aromatic heterocycles. The molecule has 0 aliphatic heterocycles. The Labute approximate surface area is 125 Å². The third-order valence-corrected chi connectivity index (χ3v) is 6.22. The van der Waals surface area contributed by atoms with E-state index in [1.54, 1.807) is 6.92 Å². The molecule has 1 aliphatic carbocycles. The van der Waals surface area contributed by atoms with Gasteiger partial charge in [-0.1, -0.05) is 32.6 Å². The summed E-state index contributed by atoms with van der Waals surface area (Å²) in [5.41, 5.74) is 0.145. The molecule has 1 unspecified atom stereocenters. The molecule has 0 radical (unpaired) electrons. The van der Waals surface area contributed by atoms with Gasteiger partial charge in [0.1, 0.15) is 9.84 Å². The van der Waals surface area contributed by atoms with Crippen LogP contribution in [-0.2, 0) is 9.84 Å². The van der Waals surface area contributed by atoms with Crippen LogP contribution in [0.1, 0.15) is 66.2 Å². The number of rotatable bonds is 8. The van der Waals surface area contributed by atoms with Crippen LogP contribution in [0.15, 0.2) is 0 Å². The molecule has 1 saturated carbocycles. The van der Waals surface area contributed by atoms with E-state index in [2.05, 4.69) is 26.1 Å². The lowest BCUT2D eigenvalue weighted by Crippen LogP contribution is -2.40. The van der Waals surface area contributed by atoms with Gasteiger partial charge in [-0.2, -0.15) is 0 Å². The predicted molar refractivity (Wildman–Crippen MR) is 86.8 cm³/mol. The first-order valence-corrected chi connectivity index (χ1v) is 10.0. The fourth-order valence-electron chi connectivity index (χ4n) is 3.08. The highest BCUT2D eigenvalue weighted by molar-refractivity contribution is 7.91. The zero-order valence-electron chi connectivity index (χ0n) is 13.7. The molecule has 4 heteroatoms. The summed E-state index contributed by atoms with van der Waals surface area (Å²) >= 11 is 0. The first kappa shape index (κ1) is 18.0. The first-order chi connectivity index (χ1) is 9.23. The highest BCUT2D eigenvalue weighted by Crippen LogP contribution is 2.33. The summed E-state index contributed by atoms with van der Waals surface area (Å²) in [7, 11) is -2.80. The van der Waals surface area contributed by atoms with Gasteiger partial charge in [0.15, 0.2) is 0 Å². The van der Waals surface area contributed by atoms with Gasteiger partial charge in [0.25, 0.3) is 0 Å². The smallest absolute Gasteiger partial charge is 0.150 e. The maximum atomic E-state index is 11.6. The van der Waals surface area contributed by atoms with Crippen molar-refractivity contribution in [1.29, 1.82) is 0 Å². The molecule has 0 aromatic carbocycles. The molecule has 0 amide bonds. The first-order valence-electron chi connectivity index (χ1n) is 8.19. The summed E-state index contributed by atoms with van der Waals surface area (Å²) in [6, 6.07) is 0. The highest BCUT2D eigenvalue weighted by Gasteiger charge is 2.26. The van der Waals surface area contributed by atoms with Gasteiger partial charge in [-0.05, 0) is 52.0 Å². The lowest BCUT2D eigenvalue weighted by molar-refractivity contribution is 0.272. The Morgan fingerprint density at radius 1 is 1.20 bits per heavy atom. The highest BCUT2D eigenvalue weighted by atomic mass is 32.2. The molecule has 0 spiro atoms. The topological polar surface area (TPSA) is 46.2 Å². The Bertz CT molecular complexity index is 364. The van der Waals surface area contributed by atoms with Crippen molar-refractivity contribution in [3.8, 4) is 0 Å². The van der Waals surface area contributed by atoms with E-state index in [9.17, 15) is 8.42 Å². The SMILES string of the molecule is CCS(=O)(=O)CCCC(CNC(C)(C)C)C1CCCC1. The van der Waals surface area contributed by atoms with Crippen LogP contribution in [-0.4, -0.2) is 32.0 Å². The van der Waals surface area contributed by atoms with Crippen LogP contribution in [0.4, 0.5) is 0 Å². The van der Waals surface area contributed by atoms with E-state index >= 15 is 0 Å². The summed E-state index contributed by atoms with van der Waals surface area (Å²) in [6.07, 6.45) is 7.23. The molecule has 1 atom stereocenters. The maximum absolute atomic E-state index is 11.6. The van der Waals surface area contributed by atoms with Gasteiger partial charge in [0, 0.05) is 11.3 Å². The molecular weight excluding hydrogens is 270 g/mol. The lowest BCUT2D eigenvalue weighted by atomic mass is 9.86. The minimum Gasteiger partial charge on any atom is -0.312 e. The van der Waals surface area contributed by atoms with E-state index in [1.165, 1.54) is 25.7 Å². The summed E-state index contributed by atoms with van der Waals surface area (Å²) in [5.74, 6) is 2.08. The Morgan fingerprint density at radius 3 is 2.30 bits per heavy atom. The summed E-state index contributed by atoms with van der Waals surface area (Å²) in [6.45, 7) is 9.35. The van der Waals surface area contributed by atoms with Gasteiger partial charge in [0.05, 0.1) is 5.75 Å². The Balaban J connectivity index is 2.46. The monoisotopic (exact) mass is 303 g/mol. The summed E-state index contributed by atoms with van der Waals surface area (Å²) < 4.78 is 23.2. The van der Waals surface area contributed by atoms with Gasteiger partial charge in [-0.3, -0.25) is 0 Å². The minimum absolute atomic E-state index is 0.145. The minimum atomic E-state index is -2.80. The third-order valence-electron chi connectivity index (χ3n) is 4.43. The van der Waals surface area contributed by atoms with Gasteiger partial charge in [-0.15, -0.1) is 0 Å². The second-order valence-electron chi connectivity index (χ2n) is 7.31. The van der Waals surface area contributed by atoms with Crippen LogP contribution in [0.2, 0.25) is 0 Å². The predicted octanol–water partition coefficient (Wildman–Crippen LogP) is 3.40. The molecule has 3 nitrogen and oxygen atoms in total. The average Bonchev–Trinajstić information content (AvgIpc) is 2.86. The Kier molecular flexibility index (Phi) is 6.99. The van der Waals surface area contributed by atoms with Crippen LogP contribution in [0.3, 0.4) is 0 Å². The van der Waals surface area contributed by atoms with E-state index in [4.69, 9.17) is 0 Å². The van der Waals surface area contributed by atoms with Crippen molar-refractivity contribution in [1.82, 2.24) is 5.32 Å². The van der Waals surface area contributed by atoms with Crippen molar-refractivity contribution >= 4 is 9.84 Å². The third kappa shape index (κ3) is 7.07. The lowest BCUT2D eigenvalue weighted by Gasteiger charge is -2.29. The van der Waals surface area contributed by atoms with Crippen LogP contribution < -0.4 is 5.32 Å². The molecule has 1 fully saturated rings. The summed E-state index contributed by atoms with van der Waals surface area (Å²) in [4.78, 5) is 0. The average molecular weight is 304 g/mol. The summed E-state index contributed by atoms with van der Waals surface area (Å²) in [5, 5.41) is 3.61. The molecule has 0 bridgehead atoms. The Hall–Kier alpha value is -0.0900. The van der Waals surface area contributed by atoms with Crippen molar-refractivity contribution in [2.45, 2.75) is 71.8 Å². The second-order valence-corrected chi connectivity index (χ2v) is 9.79. The van der Waals surface area contributed by atoms with Gasteiger partial charge >= 0.3 is 0 Å². The molecular formula is C16H33NO2S. The zero-order valence-corrected chi connectivity index (χ0v) is 14.6. The Morgan fingerprint density at radius 2 is 1.80 bits per heavy atom. The van der Waals surface area contributed by atoms with Gasteiger partial charge in [0.2, 0.25) is 0 Å². The second kappa shape index (κ2) is 7.79. The molecule has 1 N–H and O–H groups in total. The molecule has 0 heterocycles. The fraction of sp³-hybridized carbons (Fsp3) is 1.00. The van der Waals surface area contributed by atoms with E-state index in [0.29, 0.717) is 11.7 Å². The molecule has 20 heavy (non-hydrogen) atoms. The van der Waals surface area contributed by atoms with Crippen LogP contribution in [0.25, 0.3) is 0 Å². The number of hydrogen-bond donors (Lipinski definition) is 1. The van der Waals surface area contributed by atoms with Crippen LogP contribution in [0.5, 0.6) is 0 Å². The van der Waals surface area contributed by atoms with Gasteiger partial charge in [-0.25, -0.2) is 8.42 Å². The molecule has 0 aromatic rings. The number of nitrogens with one attached hydrogen (secondary N) is 1. The van der Waals surface area contributed by atoms with Crippen molar-refractivity contribution in [3.05, 3.63) is 0 Å². The van der Waals surface area contributed by atoms with Crippen molar-refractivity contribution in [3.63, 3.8) is 0 Å². The normalized spacial score (nSPS) is 19.4. The standard InChI is InChI=1S/C16H33NO2S/c1-5-20(18,19)12-8-11-15(13-17-16(2,3)4)14-9-6-7-10-14/h14-15,17H,5-13H2,1-4H3. The van der Waals surface area contributed by atoms with E-state index < -0.39 is 9.84 Å². The number of sulfone groups is 1. The van der Waals surface area contributed by atoms with Crippen LogP contribution >= 0.6 is 0 Å². The largest absolute Gasteiger partial charge is 0.312 e. The fourth-order valence-corrected chi connectivity index (χ4v) is 3.98. The van der Waals surface area contributed by atoms with E-state index in [-0.39, 0.29) is 11.3 Å². The molecule has 1 rings (SSSR count). The van der Waals surface area contributed by atoms with E-state index in [1.807, 2.05) is 0 Å². The van der Waals surface area contributed by atoms with Crippen molar-refractivity contribution in [2.24, 2.45) is 11.8 Å². The molecule has 120 valence electrons. The molecule has 0 saturated heterocycles. The quantitative estimate of drug-likeness (QED) is 0.747. The zero-order chi connectivity index (χ0) is 15.2. The van der Waals surface area contributed by atoms with Crippen molar-refractivity contribution in [2.75, 3.05) is 18.1 Å². The van der Waals surface area contributed by atoms with Crippen molar-refractivity contribution < 1.29 is 8.42 Å². The van der Waals surface area contributed by atoms with Gasteiger partial charge < -0.3 is 5.32 Å². The maximum Gasteiger partial charge on any atom is 0.150 e.